The Kier molecular flexibility index (Phi) is 6.15. The number of amides is 1. The summed E-state index contributed by atoms with van der Waals surface area (Å²) < 4.78 is 39.9. The Morgan fingerprint density at radius 2 is 1.88 bits per heavy atom. The van der Waals surface area contributed by atoms with E-state index in [9.17, 15) is 17.6 Å². The second-order valence-electron chi connectivity index (χ2n) is 6.80. The SMILES string of the molecule is CN(C)S(=O)(=O)c1ccc(C(=O)N(/N=C/c2cccs2)c2nc3ccc(F)cc3s2)cc1. The summed E-state index contributed by atoms with van der Waals surface area (Å²) in [7, 11) is -0.747. The van der Waals surface area contributed by atoms with E-state index in [1.807, 2.05) is 17.5 Å². The van der Waals surface area contributed by atoms with E-state index in [1.165, 1.54) is 67.9 Å². The third kappa shape index (κ3) is 4.46. The van der Waals surface area contributed by atoms with Crippen LogP contribution in [0, 0.1) is 5.82 Å². The average Bonchev–Trinajstić information content (AvgIpc) is 3.43. The Balaban J connectivity index is 1.72. The lowest BCUT2D eigenvalue weighted by molar-refractivity contribution is 0.0987. The topological polar surface area (TPSA) is 82.9 Å². The highest BCUT2D eigenvalue weighted by atomic mass is 32.2. The van der Waals surface area contributed by atoms with Crippen LogP contribution in [0.15, 0.2) is 70.0 Å². The first kappa shape index (κ1) is 22.2. The van der Waals surface area contributed by atoms with Gasteiger partial charge in [-0.2, -0.15) is 10.1 Å². The Bertz CT molecular complexity index is 1400. The van der Waals surface area contributed by atoms with E-state index in [0.29, 0.717) is 10.2 Å². The lowest BCUT2D eigenvalue weighted by Gasteiger charge is -2.15. The van der Waals surface area contributed by atoms with E-state index < -0.39 is 21.7 Å². The number of halogens is 1. The number of benzene rings is 2. The number of hydrogen-bond acceptors (Lipinski definition) is 7. The molecule has 2 aromatic carbocycles. The maximum Gasteiger partial charge on any atom is 0.280 e. The minimum Gasteiger partial charge on any atom is -0.267 e. The third-order valence-corrected chi connectivity index (χ3v) is 8.07. The van der Waals surface area contributed by atoms with Gasteiger partial charge in [0, 0.05) is 24.5 Å². The smallest absolute Gasteiger partial charge is 0.267 e. The van der Waals surface area contributed by atoms with E-state index in [1.54, 1.807) is 6.21 Å². The summed E-state index contributed by atoms with van der Waals surface area (Å²) >= 11 is 2.59. The molecule has 0 aliphatic rings. The van der Waals surface area contributed by atoms with Crippen molar-refractivity contribution < 1.29 is 17.6 Å². The van der Waals surface area contributed by atoms with Crippen LogP contribution in [-0.2, 0) is 10.0 Å². The normalized spacial score (nSPS) is 12.1. The van der Waals surface area contributed by atoms with E-state index in [0.717, 1.165) is 25.5 Å². The number of rotatable bonds is 6. The van der Waals surface area contributed by atoms with Gasteiger partial charge in [-0.1, -0.05) is 17.4 Å². The summed E-state index contributed by atoms with van der Waals surface area (Å²) in [6.07, 6.45) is 1.54. The monoisotopic (exact) mass is 488 g/mol. The molecule has 0 radical (unpaired) electrons. The fourth-order valence-corrected chi connectivity index (χ4v) is 5.18. The molecule has 1 amide bonds. The molecule has 2 aromatic heterocycles. The fourth-order valence-electron chi connectivity index (χ4n) is 2.75. The van der Waals surface area contributed by atoms with Gasteiger partial charge in [0.2, 0.25) is 15.2 Å². The van der Waals surface area contributed by atoms with Crippen LogP contribution >= 0.6 is 22.7 Å². The van der Waals surface area contributed by atoms with Gasteiger partial charge in [-0.3, -0.25) is 4.79 Å². The van der Waals surface area contributed by atoms with Crippen LogP contribution in [0.4, 0.5) is 9.52 Å². The molecule has 7 nitrogen and oxygen atoms in total. The number of aromatic nitrogens is 1. The summed E-state index contributed by atoms with van der Waals surface area (Å²) in [5, 5.41) is 7.62. The second-order valence-corrected chi connectivity index (χ2v) is 10.9. The van der Waals surface area contributed by atoms with Crippen molar-refractivity contribution in [2.45, 2.75) is 4.90 Å². The molecular weight excluding hydrogens is 471 g/mol. The fraction of sp³-hybridized carbons (Fsp3) is 0.0952. The van der Waals surface area contributed by atoms with E-state index in [4.69, 9.17) is 0 Å². The molecule has 0 aliphatic carbocycles. The van der Waals surface area contributed by atoms with Crippen molar-refractivity contribution >= 4 is 60.2 Å². The molecule has 2 heterocycles. The maximum atomic E-state index is 13.6. The van der Waals surface area contributed by atoms with Crippen molar-refractivity contribution in [2.75, 3.05) is 19.1 Å². The second kappa shape index (κ2) is 8.87. The lowest BCUT2D eigenvalue weighted by Crippen LogP contribution is -2.26. The zero-order valence-electron chi connectivity index (χ0n) is 17.0. The van der Waals surface area contributed by atoms with Crippen LogP contribution in [0.25, 0.3) is 10.2 Å². The highest BCUT2D eigenvalue weighted by Gasteiger charge is 2.23. The number of fused-ring (bicyclic) bond motifs is 1. The minimum absolute atomic E-state index is 0.0724. The molecule has 0 saturated heterocycles. The Morgan fingerprint density at radius 3 is 2.53 bits per heavy atom. The summed E-state index contributed by atoms with van der Waals surface area (Å²) in [5.41, 5.74) is 0.777. The molecule has 4 aromatic rings. The largest absolute Gasteiger partial charge is 0.280 e. The van der Waals surface area contributed by atoms with Crippen LogP contribution in [0.2, 0.25) is 0 Å². The van der Waals surface area contributed by atoms with Crippen LogP contribution in [0.5, 0.6) is 0 Å². The third-order valence-electron chi connectivity index (χ3n) is 4.44. The number of anilines is 1. The molecule has 0 unspecified atom stereocenters. The number of carbonyl (C=O) groups is 1. The number of carbonyl (C=O) groups excluding carboxylic acids is 1. The van der Waals surface area contributed by atoms with E-state index in [2.05, 4.69) is 10.1 Å². The molecule has 32 heavy (non-hydrogen) atoms. The van der Waals surface area contributed by atoms with E-state index >= 15 is 0 Å². The molecule has 0 spiro atoms. The van der Waals surface area contributed by atoms with Crippen molar-refractivity contribution in [3.05, 3.63) is 76.2 Å². The first-order chi connectivity index (χ1) is 15.3. The Labute approximate surface area is 192 Å². The predicted octanol–water partition coefficient (Wildman–Crippen LogP) is 4.43. The van der Waals surface area contributed by atoms with Gasteiger partial charge in [0.05, 0.1) is 21.3 Å². The molecule has 0 bridgehead atoms. The minimum atomic E-state index is -3.62. The van der Waals surface area contributed by atoms with Crippen LogP contribution in [-0.4, -0.2) is 43.9 Å². The van der Waals surface area contributed by atoms with Crippen molar-refractivity contribution in [2.24, 2.45) is 5.10 Å². The predicted molar refractivity (Wildman–Crippen MR) is 126 cm³/mol. The first-order valence-corrected chi connectivity index (χ1v) is 12.4. The highest BCUT2D eigenvalue weighted by Crippen LogP contribution is 2.31. The van der Waals surface area contributed by atoms with Gasteiger partial charge in [0.1, 0.15) is 5.82 Å². The van der Waals surface area contributed by atoms with E-state index in [-0.39, 0.29) is 15.6 Å². The molecule has 0 fully saturated rings. The summed E-state index contributed by atoms with van der Waals surface area (Å²) in [6.45, 7) is 0. The molecule has 0 aliphatic heterocycles. The van der Waals surface area contributed by atoms with Crippen LogP contribution in [0.1, 0.15) is 15.2 Å². The number of nitrogens with zero attached hydrogens (tertiary/aromatic N) is 4. The Hall–Kier alpha value is -2.99. The van der Waals surface area contributed by atoms with Crippen molar-refractivity contribution in [3.63, 3.8) is 0 Å². The molecule has 4 rings (SSSR count). The number of hydrogen-bond donors (Lipinski definition) is 0. The molecule has 0 saturated carbocycles. The Morgan fingerprint density at radius 1 is 1.12 bits per heavy atom. The van der Waals surface area contributed by atoms with Gasteiger partial charge in [-0.05, 0) is 53.9 Å². The molecule has 0 atom stereocenters. The molecular formula is C21H17FN4O3S3. The van der Waals surface area contributed by atoms with Crippen LogP contribution < -0.4 is 5.01 Å². The lowest BCUT2D eigenvalue weighted by atomic mass is 10.2. The highest BCUT2D eigenvalue weighted by molar-refractivity contribution is 7.89. The number of sulfonamides is 1. The molecule has 11 heteroatoms. The van der Waals surface area contributed by atoms with Gasteiger partial charge in [0.15, 0.2) is 0 Å². The van der Waals surface area contributed by atoms with Crippen molar-refractivity contribution in [3.8, 4) is 0 Å². The summed E-state index contributed by atoms with van der Waals surface area (Å²) in [5.74, 6) is -0.892. The van der Waals surface area contributed by atoms with Gasteiger partial charge < -0.3 is 0 Å². The van der Waals surface area contributed by atoms with Crippen molar-refractivity contribution in [1.82, 2.24) is 9.29 Å². The van der Waals surface area contributed by atoms with Crippen molar-refractivity contribution in [1.29, 1.82) is 0 Å². The maximum absolute atomic E-state index is 13.6. The quantitative estimate of drug-likeness (QED) is 0.297. The number of thiazole rings is 1. The number of hydrazone groups is 1. The average molecular weight is 489 g/mol. The van der Waals surface area contributed by atoms with Gasteiger partial charge in [-0.25, -0.2) is 22.1 Å². The first-order valence-electron chi connectivity index (χ1n) is 9.26. The van der Waals surface area contributed by atoms with Crippen LogP contribution in [0.3, 0.4) is 0 Å². The summed E-state index contributed by atoms with van der Waals surface area (Å²) in [4.78, 5) is 18.6. The van der Waals surface area contributed by atoms with Gasteiger partial charge in [-0.15, -0.1) is 11.3 Å². The standard InChI is InChI=1S/C21H17FN4O3S3/c1-25(2)32(28,29)17-8-5-14(6-9-17)20(27)26(23-13-16-4-3-11-30-16)21-24-18-10-7-15(22)12-19(18)31-21/h3-13H,1-2H3/b23-13+. The summed E-state index contributed by atoms with van der Waals surface area (Å²) in [6, 6.07) is 13.5. The molecule has 164 valence electrons. The molecule has 0 N–H and O–H groups in total. The van der Waals surface area contributed by atoms with Gasteiger partial charge in [0.25, 0.3) is 5.91 Å². The van der Waals surface area contributed by atoms with Gasteiger partial charge >= 0.3 is 0 Å². The zero-order valence-corrected chi connectivity index (χ0v) is 19.4. The zero-order chi connectivity index (χ0) is 22.9. The number of thiophene rings is 1.